The summed E-state index contributed by atoms with van der Waals surface area (Å²) in [6.07, 6.45) is 2.38. The lowest BCUT2D eigenvalue weighted by Gasteiger charge is -2.32. The average Bonchev–Trinajstić information content (AvgIpc) is 3.05. The lowest BCUT2D eigenvalue weighted by atomic mass is 10.0. The van der Waals surface area contributed by atoms with E-state index in [0.29, 0.717) is 6.42 Å². The molecule has 1 saturated heterocycles. The van der Waals surface area contributed by atoms with Crippen molar-refractivity contribution in [2.45, 2.75) is 45.7 Å². The van der Waals surface area contributed by atoms with Crippen LogP contribution in [0.5, 0.6) is 0 Å². The Hall–Kier alpha value is -2.92. The number of para-hydroxylation sites is 1. The van der Waals surface area contributed by atoms with Crippen LogP contribution in [0.1, 0.15) is 35.4 Å². The van der Waals surface area contributed by atoms with E-state index in [1.807, 2.05) is 48.9 Å². The summed E-state index contributed by atoms with van der Waals surface area (Å²) in [6.45, 7) is 7.04. The highest BCUT2D eigenvalue weighted by atomic mass is 16.1. The fourth-order valence-electron chi connectivity index (χ4n) is 4.27. The molecule has 1 N–H and O–H groups in total. The van der Waals surface area contributed by atoms with E-state index in [-0.39, 0.29) is 11.9 Å². The van der Waals surface area contributed by atoms with Gasteiger partial charge in [0.2, 0.25) is 5.91 Å². The van der Waals surface area contributed by atoms with Crippen LogP contribution in [-0.2, 0) is 17.8 Å². The standard InChI is InChI=1S/C25H30N4O/c1-19-24(20(2)29(27-19)23-11-7-4-8-12-23)17-25(30)26-22-13-15-28(16-14-22)18-21-9-5-3-6-10-21/h3-12,22H,13-18H2,1-2H3,(H,26,30). The van der Waals surface area contributed by atoms with E-state index in [1.54, 1.807) is 0 Å². The Kier molecular flexibility index (Phi) is 6.29. The molecule has 0 atom stereocenters. The summed E-state index contributed by atoms with van der Waals surface area (Å²) < 4.78 is 1.93. The predicted molar refractivity (Wildman–Crippen MR) is 120 cm³/mol. The quantitative estimate of drug-likeness (QED) is 0.682. The van der Waals surface area contributed by atoms with Gasteiger partial charge in [-0.3, -0.25) is 9.69 Å². The van der Waals surface area contributed by atoms with Gasteiger partial charge in [-0.1, -0.05) is 48.5 Å². The van der Waals surface area contributed by atoms with Gasteiger partial charge in [-0.05, 0) is 44.4 Å². The van der Waals surface area contributed by atoms with Crippen molar-refractivity contribution >= 4 is 5.91 Å². The molecule has 4 rings (SSSR count). The Morgan fingerprint density at radius 3 is 2.30 bits per heavy atom. The number of benzene rings is 2. The van der Waals surface area contributed by atoms with E-state index in [9.17, 15) is 4.79 Å². The number of rotatable bonds is 6. The highest BCUT2D eigenvalue weighted by Gasteiger charge is 2.22. The van der Waals surface area contributed by atoms with Crippen LogP contribution in [-0.4, -0.2) is 39.7 Å². The number of piperidine rings is 1. The summed E-state index contributed by atoms with van der Waals surface area (Å²) in [6, 6.07) is 20.9. The predicted octanol–water partition coefficient (Wildman–Crippen LogP) is 3.81. The normalized spacial score (nSPS) is 15.3. The van der Waals surface area contributed by atoms with Crippen LogP contribution < -0.4 is 5.32 Å². The van der Waals surface area contributed by atoms with E-state index >= 15 is 0 Å². The number of amides is 1. The Balaban J connectivity index is 1.31. The SMILES string of the molecule is Cc1nn(-c2ccccc2)c(C)c1CC(=O)NC1CCN(Cc2ccccc2)CC1. The van der Waals surface area contributed by atoms with Crippen LogP contribution in [0.2, 0.25) is 0 Å². The molecule has 30 heavy (non-hydrogen) atoms. The fourth-order valence-corrected chi connectivity index (χ4v) is 4.27. The minimum absolute atomic E-state index is 0.0929. The lowest BCUT2D eigenvalue weighted by Crippen LogP contribution is -2.44. The van der Waals surface area contributed by atoms with Gasteiger partial charge in [-0.25, -0.2) is 4.68 Å². The van der Waals surface area contributed by atoms with Crippen LogP contribution in [0.3, 0.4) is 0 Å². The third kappa shape index (κ3) is 4.79. The minimum Gasteiger partial charge on any atom is -0.353 e. The van der Waals surface area contributed by atoms with Gasteiger partial charge in [0.25, 0.3) is 0 Å². The molecule has 1 aromatic heterocycles. The Bertz CT molecular complexity index is 973. The molecule has 3 aromatic rings. The summed E-state index contributed by atoms with van der Waals surface area (Å²) in [5.41, 5.74) is 5.35. The molecular formula is C25H30N4O. The first-order valence-corrected chi connectivity index (χ1v) is 10.8. The zero-order chi connectivity index (χ0) is 20.9. The van der Waals surface area contributed by atoms with Gasteiger partial charge in [-0.15, -0.1) is 0 Å². The number of aryl methyl sites for hydroxylation is 1. The Morgan fingerprint density at radius 1 is 1.00 bits per heavy atom. The van der Waals surface area contributed by atoms with Crippen molar-refractivity contribution in [3.63, 3.8) is 0 Å². The molecule has 156 valence electrons. The molecule has 1 amide bonds. The van der Waals surface area contributed by atoms with E-state index < -0.39 is 0 Å². The van der Waals surface area contributed by atoms with Gasteiger partial charge in [-0.2, -0.15) is 5.10 Å². The average molecular weight is 403 g/mol. The van der Waals surface area contributed by atoms with Gasteiger partial charge in [0.15, 0.2) is 0 Å². The van der Waals surface area contributed by atoms with Crippen molar-refractivity contribution in [3.8, 4) is 5.69 Å². The van der Waals surface area contributed by atoms with Crippen molar-refractivity contribution in [1.29, 1.82) is 0 Å². The molecule has 0 aliphatic carbocycles. The van der Waals surface area contributed by atoms with Crippen LogP contribution in [0.15, 0.2) is 60.7 Å². The number of nitrogens with zero attached hydrogens (tertiary/aromatic N) is 3. The first-order chi connectivity index (χ1) is 14.6. The van der Waals surface area contributed by atoms with Crippen LogP contribution >= 0.6 is 0 Å². The summed E-state index contributed by atoms with van der Waals surface area (Å²) in [4.78, 5) is 15.2. The van der Waals surface area contributed by atoms with Crippen molar-refractivity contribution in [1.82, 2.24) is 20.0 Å². The van der Waals surface area contributed by atoms with Gasteiger partial charge in [0, 0.05) is 36.9 Å². The largest absolute Gasteiger partial charge is 0.353 e. The number of carbonyl (C=O) groups is 1. The topological polar surface area (TPSA) is 50.2 Å². The number of hydrogen-bond donors (Lipinski definition) is 1. The van der Waals surface area contributed by atoms with Crippen molar-refractivity contribution in [2.75, 3.05) is 13.1 Å². The number of carbonyl (C=O) groups excluding carboxylic acids is 1. The van der Waals surface area contributed by atoms with Crippen LogP contribution in [0.25, 0.3) is 5.69 Å². The molecule has 0 bridgehead atoms. The second-order valence-electron chi connectivity index (χ2n) is 8.18. The van der Waals surface area contributed by atoms with E-state index in [0.717, 1.165) is 55.1 Å². The summed E-state index contributed by atoms with van der Waals surface area (Å²) >= 11 is 0. The van der Waals surface area contributed by atoms with Gasteiger partial charge in [0.05, 0.1) is 17.8 Å². The Labute approximate surface area is 178 Å². The summed E-state index contributed by atoms with van der Waals surface area (Å²) in [5, 5.41) is 7.91. The first-order valence-electron chi connectivity index (χ1n) is 10.8. The molecule has 2 aromatic carbocycles. The monoisotopic (exact) mass is 402 g/mol. The maximum Gasteiger partial charge on any atom is 0.224 e. The Morgan fingerprint density at radius 2 is 1.63 bits per heavy atom. The van der Waals surface area contributed by atoms with Crippen LogP contribution in [0, 0.1) is 13.8 Å². The van der Waals surface area contributed by atoms with Gasteiger partial charge < -0.3 is 5.32 Å². The zero-order valence-corrected chi connectivity index (χ0v) is 17.8. The van der Waals surface area contributed by atoms with Crippen molar-refractivity contribution in [2.24, 2.45) is 0 Å². The number of aromatic nitrogens is 2. The smallest absolute Gasteiger partial charge is 0.224 e. The molecular weight excluding hydrogens is 372 g/mol. The molecule has 5 nitrogen and oxygen atoms in total. The van der Waals surface area contributed by atoms with E-state index in [4.69, 9.17) is 0 Å². The zero-order valence-electron chi connectivity index (χ0n) is 17.8. The van der Waals surface area contributed by atoms with Gasteiger partial charge in [0.1, 0.15) is 0 Å². The molecule has 2 heterocycles. The summed E-state index contributed by atoms with van der Waals surface area (Å²) in [7, 11) is 0. The number of nitrogens with one attached hydrogen (secondary N) is 1. The second-order valence-corrected chi connectivity index (χ2v) is 8.18. The third-order valence-corrected chi connectivity index (χ3v) is 5.98. The maximum absolute atomic E-state index is 12.7. The highest BCUT2D eigenvalue weighted by molar-refractivity contribution is 5.79. The third-order valence-electron chi connectivity index (χ3n) is 5.98. The fraction of sp³-hybridized carbons (Fsp3) is 0.360. The summed E-state index contributed by atoms with van der Waals surface area (Å²) in [5.74, 6) is 0.0929. The van der Waals surface area contributed by atoms with E-state index in [2.05, 4.69) is 45.6 Å². The molecule has 1 aliphatic heterocycles. The molecule has 0 spiro atoms. The maximum atomic E-state index is 12.7. The first kappa shape index (κ1) is 20.4. The lowest BCUT2D eigenvalue weighted by molar-refractivity contribution is -0.121. The minimum atomic E-state index is 0.0929. The van der Waals surface area contributed by atoms with Gasteiger partial charge >= 0.3 is 0 Å². The van der Waals surface area contributed by atoms with E-state index in [1.165, 1.54) is 5.56 Å². The molecule has 1 aliphatic rings. The molecule has 1 fully saturated rings. The number of likely N-dealkylation sites (tertiary alicyclic amines) is 1. The molecule has 0 radical (unpaired) electrons. The highest BCUT2D eigenvalue weighted by Crippen LogP contribution is 2.19. The molecule has 5 heteroatoms. The molecule has 0 saturated carbocycles. The number of hydrogen-bond acceptors (Lipinski definition) is 3. The second kappa shape index (κ2) is 9.26. The molecule has 0 unspecified atom stereocenters. The van der Waals surface area contributed by atoms with Crippen LogP contribution in [0.4, 0.5) is 0 Å². The van der Waals surface area contributed by atoms with Crippen molar-refractivity contribution < 1.29 is 4.79 Å². The van der Waals surface area contributed by atoms with Crippen molar-refractivity contribution in [3.05, 3.63) is 83.2 Å².